The lowest BCUT2D eigenvalue weighted by Crippen LogP contribution is -2.53. The van der Waals surface area contributed by atoms with E-state index < -0.39 is 40.5 Å². The molecule has 3 rings (SSSR count). The van der Waals surface area contributed by atoms with Crippen LogP contribution >= 0.6 is 0 Å². The summed E-state index contributed by atoms with van der Waals surface area (Å²) in [5.41, 5.74) is 0.965. The van der Waals surface area contributed by atoms with Gasteiger partial charge in [0.2, 0.25) is 0 Å². The number of hydrogen-bond donors (Lipinski definition) is 0. The first kappa shape index (κ1) is 17.8. The highest BCUT2D eigenvalue weighted by molar-refractivity contribution is 7.86. The molecule has 2 heterocycles. The monoisotopic (exact) mass is 358 g/mol. The summed E-state index contributed by atoms with van der Waals surface area (Å²) in [4.78, 5) is 0.0942. The third-order valence-electron chi connectivity index (χ3n) is 4.02. The van der Waals surface area contributed by atoms with E-state index in [1.165, 1.54) is 19.2 Å². The van der Waals surface area contributed by atoms with Crippen LogP contribution in [-0.4, -0.2) is 52.5 Å². The predicted octanol–water partition coefficient (Wildman–Crippen LogP) is 1.59. The van der Waals surface area contributed by atoms with Crippen molar-refractivity contribution < 1.29 is 31.5 Å². The Morgan fingerprint density at radius 1 is 1.12 bits per heavy atom. The van der Waals surface area contributed by atoms with E-state index in [2.05, 4.69) is 0 Å². The molecule has 0 saturated carbocycles. The van der Waals surface area contributed by atoms with Crippen LogP contribution in [-0.2, 0) is 33.2 Å². The van der Waals surface area contributed by atoms with Crippen LogP contribution in [0.25, 0.3) is 0 Å². The first-order valence-electron chi connectivity index (χ1n) is 7.72. The molecule has 0 unspecified atom stereocenters. The summed E-state index contributed by atoms with van der Waals surface area (Å²) in [5, 5.41) is 0. The van der Waals surface area contributed by atoms with Crippen molar-refractivity contribution in [1.29, 1.82) is 0 Å². The summed E-state index contributed by atoms with van der Waals surface area (Å²) >= 11 is 0. The number of fused-ring (bicyclic) bond motifs is 1. The van der Waals surface area contributed by atoms with Crippen LogP contribution in [0, 0.1) is 6.92 Å². The molecule has 2 saturated heterocycles. The maximum atomic E-state index is 12.5. The SMILES string of the molecule is CO[C@@H]1OC[C@@H](OS(=O)(=O)c2ccc(C)cc2)[C@H]2OC(C)(C)O[C@H]12. The third kappa shape index (κ3) is 3.49. The molecule has 2 aliphatic heterocycles. The predicted molar refractivity (Wildman–Crippen MR) is 83.8 cm³/mol. The van der Waals surface area contributed by atoms with Crippen molar-refractivity contribution in [2.24, 2.45) is 0 Å². The van der Waals surface area contributed by atoms with E-state index in [1.54, 1.807) is 26.0 Å². The van der Waals surface area contributed by atoms with Gasteiger partial charge in [-0.15, -0.1) is 0 Å². The van der Waals surface area contributed by atoms with Gasteiger partial charge in [-0.1, -0.05) is 17.7 Å². The first-order valence-corrected chi connectivity index (χ1v) is 9.13. The fourth-order valence-corrected chi connectivity index (χ4v) is 3.97. The highest BCUT2D eigenvalue weighted by Crippen LogP contribution is 2.37. The molecule has 0 aromatic heterocycles. The first-order chi connectivity index (χ1) is 11.2. The maximum Gasteiger partial charge on any atom is 0.297 e. The van der Waals surface area contributed by atoms with E-state index in [9.17, 15) is 8.42 Å². The molecule has 0 spiro atoms. The number of aryl methyl sites for hydroxylation is 1. The molecule has 1 aromatic carbocycles. The minimum absolute atomic E-state index is 0.0319. The van der Waals surface area contributed by atoms with Gasteiger partial charge in [-0.05, 0) is 32.9 Å². The molecule has 0 radical (unpaired) electrons. The molecule has 7 nitrogen and oxygen atoms in total. The molecular formula is C16H22O7S. The number of hydrogen-bond acceptors (Lipinski definition) is 7. The van der Waals surface area contributed by atoms with Gasteiger partial charge >= 0.3 is 0 Å². The number of methoxy groups -OCH3 is 1. The van der Waals surface area contributed by atoms with Crippen molar-refractivity contribution in [3.63, 3.8) is 0 Å². The molecule has 1 aromatic rings. The van der Waals surface area contributed by atoms with E-state index in [0.29, 0.717) is 0 Å². The Hall–Kier alpha value is -1.03. The van der Waals surface area contributed by atoms with Gasteiger partial charge < -0.3 is 18.9 Å². The lowest BCUT2D eigenvalue weighted by Gasteiger charge is -2.35. The van der Waals surface area contributed by atoms with E-state index in [1.807, 2.05) is 6.92 Å². The molecule has 2 aliphatic rings. The zero-order valence-electron chi connectivity index (χ0n) is 14.1. The average Bonchev–Trinajstić information content (AvgIpc) is 2.83. The van der Waals surface area contributed by atoms with Crippen LogP contribution in [0.15, 0.2) is 29.2 Å². The molecule has 134 valence electrons. The van der Waals surface area contributed by atoms with Gasteiger partial charge in [0, 0.05) is 7.11 Å². The van der Waals surface area contributed by atoms with E-state index in [-0.39, 0.29) is 11.5 Å². The number of benzene rings is 1. The molecule has 0 N–H and O–H groups in total. The topological polar surface area (TPSA) is 80.3 Å². The third-order valence-corrected chi connectivity index (χ3v) is 5.37. The van der Waals surface area contributed by atoms with Crippen LogP contribution in [0.3, 0.4) is 0 Å². The van der Waals surface area contributed by atoms with Crippen molar-refractivity contribution in [3.05, 3.63) is 29.8 Å². The molecule has 8 heteroatoms. The quantitative estimate of drug-likeness (QED) is 0.756. The Balaban J connectivity index is 1.80. The molecule has 0 bridgehead atoms. The molecule has 2 fully saturated rings. The minimum Gasteiger partial charge on any atom is -0.353 e. The van der Waals surface area contributed by atoms with Gasteiger partial charge in [0.25, 0.3) is 10.1 Å². The molecule has 0 amide bonds. The second-order valence-corrected chi connectivity index (χ2v) is 7.98. The van der Waals surface area contributed by atoms with Gasteiger partial charge in [-0.3, -0.25) is 4.18 Å². The minimum atomic E-state index is -3.93. The van der Waals surface area contributed by atoms with Gasteiger partial charge in [0.05, 0.1) is 11.5 Å². The van der Waals surface area contributed by atoms with E-state index in [0.717, 1.165) is 5.56 Å². The van der Waals surface area contributed by atoms with Crippen molar-refractivity contribution in [2.75, 3.05) is 13.7 Å². The van der Waals surface area contributed by atoms with Gasteiger partial charge in [-0.25, -0.2) is 0 Å². The zero-order chi connectivity index (χ0) is 17.5. The van der Waals surface area contributed by atoms with Gasteiger partial charge in [0.15, 0.2) is 12.1 Å². The van der Waals surface area contributed by atoms with Crippen LogP contribution in [0.1, 0.15) is 19.4 Å². The molecular weight excluding hydrogens is 336 g/mol. The Bertz CT molecular complexity index is 683. The summed E-state index contributed by atoms with van der Waals surface area (Å²) < 4.78 is 52.8. The van der Waals surface area contributed by atoms with Crippen LogP contribution in [0.5, 0.6) is 0 Å². The number of ether oxygens (including phenoxy) is 4. The van der Waals surface area contributed by atoms with Crippen molar-refractivity contribution in [1.82, 2.24) is 0 Å². The fourth-order valence-electron chi connectivity index (χ4n) is 2.90. The highest BCUT2D eigenvalue weighted by atomic mass is 32.2. The smallest absolute Gasteiger partial charge is 0.297 e. The summed E-state index contributed by atoms with van der Waals surface area (Å²) in [7, 11) is -2.43. The maximum absolute atomic E-state index is 12.5. The highest BCUT2D eigenvalue weighted by Gasteiger charge is 2.53. The second kappa shape index (κ2) is 6.36. The van der Waals surface area contributed by atoms with Crippen LogP contribution in [0.2, 0.25) is 0 Å². The Labute approximate surface area is 141 Å². The second-order valence-electron chi connectivity index (χ2n) is 6.40. The van der Waals surface area contributed by atoms with Crippen molar-refractivity contribution in [3.8, 4) is 0 Å². The van der Waals surface area contributed by atoms with E-state index in [4.69, 9.17) is 23.1 Å². The lowest BCUT2D eigenvalue weighted by atomic mass is 10.1. The van der Waals surface area contributed by atoms with Gasteiger partial charge in [-0.2, -0.15) is 8.42 Å². The van der Waals surface area contributed by atoms with Crippen molar-refractivity contribution >= 4 is 10.1 Å². The summed E-state index contributed by atoms with van der Waals surface area (Å²) in [5.74, 6) is -0.866. The Morgan fingerprint density at radius 3 is 2.38 bits per heavy atom. The molecule has 0 aliphatic carbocycles. The Morgan fingerprint density at radius 2 is 1.75 bits per heavy atom. The molecule has 4 atom stereocenters. The standard InChI is InChI=1S/C16H22O7S/c1-10-5-7-11(8-6-10)24(17,18)23-12-9-20-15(19-4)14-13(12)21-16(2,3)22-14/h5-8,12-15H,9H2,1-4H3/t12-,13-,14+,15-/m1/s1. The summed E-state index contributed by atoms with van der Waals surface area (Å²) in [6.07, 6.45) is -2.59. The van der Waals surface area contributed by atoms with E-state index >= 15 is 0 Å². The fraction of sp³-hybridized carbons (Fsp3) is 0.625. The van der Waals surface area contributed by atoms with Crippen LogP contribution in [0.4, 0.5) is 0 Å². The summed E-state index contributed by atoms with van der Waals surface area (Å²) in [6.45, 7) is 5.42. The van der Waals surface area contributed by atoms with Crippen molar-refractivity contribution in [2.45, 2.75) is 56.1 Å². The molecule has 24 heavy (non-hydrogen) atoms. The average molecular weight is 358 g/mol. The van der Waals surface area contributed by atoms with Gasteiger partial charge in [0.1, 0.15) is 18.3 Å². The Kier molecular flexibility index (Phi) is 4.71. The lowest BCUT2D eigenvalue weighted by molar-refractivity contribution is -0.234. The summed E-state index contributed by atoms with van der Waals surface area (Å²) in [6, 6.07) is 6.46. The zero-order valence-corrected chi connectivity index (χ0v) is 14.9. The number of rotatable bonds is 4. The normalized spacial score (nSPS) is 32.5. The van der Waals surface area contributed by atoms with Crippen LogP contribution < -0.4 is 0 Å². The largest absolute Gasteiger partial charge is 0.353 e.